The number of nitrogens with one attached hydrogen (secondary N) is 1. The van der Waals surface area contributed by atoms with Crippen molar-refractivity contribution in [3.63, 3.8) is 0 Å². The van der Waals surface area contributed by atoms with E-state index >= 15 is 0 Å². The maximum absolute atomic E-state index is 13.5. The first-order chi connectivity index (χ1) is 8.70. The quantitative estimate of drug-likeness (QED) is 0.884. The number of hydrogen-bond acceptors (Lipinski definition) is 3. The Labute approximate surface area is 106 Å². The van der Waals surface area contributed by atoms with Crippen LogP contribution in [0.1, 0.15) is 16.9 Å². The molecule has 0 atom stereocenters. The van der Waals surface area contributed by atoms with E-state index in [2.05, 4.69) is 5.32 Å². The summed E-state index contributed by atoms with van der Waals surface area (Å²) in [6.45, 7) is 2.82. The van der Waals surface area contributed by atoms with Crippen LogP contribution in [0.4, 0.5) is 4.39 Å². The maximum atomic E-state index is 13.5. The Morgan fingerprint density at radius 3 is 2.94 bits per heavy atom. The lowest BCUT2D eigenvalue weighted by molar-refractivity contribution is 0.256. The Balaban J connectivity index is 2.06. The molecule has 0 aliphatic carbocycles. The van der Waals surface area contributed by atoms with Gasteiger partial charge in [0.1, 0.15) is 12.4 Å². The topological polar surface area (TPSA) is 34.4 Å². The molecule has 1 N–H and O–H groups in total. The average molecular weight is 249 g/mol. The number of hydrogen-bond donors (Lipinski definition) is 1. The predicted octanol–water partition coefficient (Wildman–Crippen LogP) is 3.03. The van der Waals surface area contributed by atoms with E-state index in [0.29, 0.717) is 12.3 Å². The van der Waals surface area contributed by atoms with Crippen LogP contribution >= 0.6 is 0 Å². The molecule has 18 heavy (non-hydrogen) atoms. The van der Waals surface area contributed by atoms with E-state index in [1.807, 2.05) is 20.0 Å². The number of ether oxygens (including phenoxy) is 1. The standard InChI is InChI=1S/C14H16FNO2/c1-10-3-4-12(15)13(7-10)18-9-14-11(8-16-2)5-6-17-14/h3-7,16H,8-9H2,1-2H3. The van der Waals surface area contributed by atoms with Crippen molar-refractivity contribution in [1.82, 2.24) is 5.32 Å². The van der Waals surface area contributed by atoms with Crippen LogP contribution in [0.5, 0.6) is 5.75 Å². The minimum atomic E-state index is -0.359. The van der Waals surface area contributed by atoms with Gasteiger partial charge in [-0.1, -0.05) is 6.07 Å². The molecule has 96 valence electrons. The first-order valence-electron chi connectivity index (χ1n) is 5.79. The maximum Gasteiger partial charge on any atom is 0.165 e. The highest BCUT2D eigenvalue weighted by molar-refractivity contribution is 5.29. The summed E-state index contributed by atoms with van der Waals surface area (Å²) in [5, 5.41) is 3.04. The molecular weight excluding hydrogens is 233 g/mol. The minimum Gasteiger partial charge on any atom is -0.483 e. The highest BCUT2D eigenvalue weighted by Gasteiger charge is 2.09. The van der Waals surface area contributed by atoms with Crippen molar-refractivity contribution in [1.29, 1.82) is 0 Å². The van der Waals surface area contributed by atoms with Crippen LogP contribution in [0.15, 0.2) is 34.9 Å². The molecule has 4 heteroatoms. The number of rotatable bonds is 5. The monoisotopic (exact) mass is 249 g/mol. The van der Waals surface area contributed by atoms with Crippen LogP contribution in [0.25, 0.3) is 0 Å². The lowest BCUT2D eigenvalue weighted by atomic mass is 10.2. The first-order valence-corrected chi connectivity index (χ1v) is 5.79. The molecule has 0 spiro atoms. The number of furan rings is 1. The van der Waals surface area contributed by atoms with Gasteiger partial charge in [-0.05, 0) is 37.7 Å². The molecule has 0 saturated heterocycles. The zero-order valence-corrected chi connectivity index (χ0v) is 10.5. The molecule has 2 rings (SSSR count). The Morgan fingerprint density at radius 2 is 2.17 bits per heavy atom. The van der Waals surface area contributed by atoms with E-state index in [9.17, 15) is 4.39 Å². The number of halogens is 1. The summed E-state index contributed by atoms with van der Waals surface area (Å²) < 4.78 is 24.3. The van der Waals surface area contributed by atoms with Crippen LogP contribution in [0.3, 0.4) is 0 Å². The molecule has 0 bridgehead atoms. The largest absolute Gasteiger partial charge is 0.483 e. The van der Waals surface area contributed by atoms with Gasteiger partial charge in [0.05, 0.1) is 6.26 Å². The van der Waals surface area contributed by atoms with Gasteiger partial charge in [-0.2, -0.15) is 0 Å². The summed E-state index contributed by atoms with van der Waals surface area (Å²) >= 11 is 0. The summed E-state index contributed by atoms with van der Waals surface area (Å²) in [4.78, 5) is 0. The average Bonchev–Trinajstić information content (AvgIpc) is 2.78. The summed E-state index contributed by atoms with van der Waals surface area (Å²) in [6.07, 6.45) is 1.61. The second-order valence-corrected chi connectivity index (χ2v) is 4.12. The van der Waals surface area contributed by atoms with Crippen molar-refractivity contribution >= 4 is 0 Å². The summed E-state index contributed by atoms with van der Waals surface area (Å²) in [6, 6.07) is 6.67. The third-order valence-corrected chi connectivity index (χ3v) is 2.65. The van der Waals surface area contributed by atoms with Gasteiger partial charge in [0.25, 0.3) is 0 Å². The van der Waals surface area contributed by atoms with E-state index < -0.39 is 0 Å². The molecule has 0 aliphatic rings. The Kier molecular flexibility index (Phi) is 3.99. The number of benzene rings is 1. The molecule has 1 aromatic heterocycles. The van der Waals surface area contributed by atoms with E-state index in [1.165, 1.54) is 6.07 Å². The Bertz CT molecular complexity index is 522. The van der Waals surface area contributed by atoms with Crippen molar-refractivity contribution < 1.29 is 13.5 Å². The SMILES string of the molecule is CNCc1ccoc1COc1cc(C)ccc1F. The van der Waals surface area contributed by atoms with Crippen LogP contribution in [-0.2, 0) is 13.2 Å². The fourth-order valence-electron chi connectivity index (χ4n) is 1.71. The van der Waals surface area contributed by atoms with Crippen LogP contribution < -0.4 is 10.1 Å². The van der Waals surface area contributed by atoms with Crippen LogP contribution in [0, 0.1) is 12.7 Å². The van der Waals surface area contributed by atoms with E-state index in [0.717, 1.165) is 11.1 Å². The van der Waals surface area contributed by atoms with Crippen molar-refractivity contribution in [2.75, 3.05) is 7.05 Å². The molecule has 0 fully saturated rings. The third-order valence-electron chi connectivity index (χ3n) is 2.65. The van der Waals surface area contributed by atoms with Crippen LogP contribution in [0.2, 0.25) is 0 Å². The summed E-state index contributed by atoms with van der Waals surface area (Å²) in [7, 11) is 1.86. The van der Waals surface area contributed by atoms with Gasteiger partial charge in [0.15, 0.2) is 11.6 Å². The normalized spacial score (nSPS) is 10.6. The molecule has 0 unspecified atom stereocenters. The van der Waals surface area contributed by atoms with Crippen molar-refractivity contribution in [2.45, 2.75) is 20.1 Å². The third kappa shape index (κ3) is 2.90. The van der Waals surface area contributed by atoms with Crippen molar-refractivity contribution in [2.24, 2.45) is 0 Å². The molecule has 1 heterocycles. The van der Waals surface area contributed by atoms with Gasteiger partial charge in [0, 0.05) is 12.1 Å². The zero-order valence-electron chi connectivity index (χ0n) is 10.5. The molecule has 0 amide bonds. The van der Waals surface area contributed by atoms with E-state index in [1.54, 1.807) is 18.4 Å². The minimum absolute atomic E-state index is 0.227. The Hall–Kier alpha value is -1.81. The fraction of sp³-hybridized carbons (Fsp3) is 0.286. The molecule has 0 aliphatic heterocycles. The van der Waals surface area contributed by atoms with Crippen molar-refractivity contribution in [3.8, 4) is 5.75 Å². The molecule has 2 aromatic rings. The second-order valence-electron chi connectivity index (χ2n) is 4.12. The first kappa shape index (κ1) is 12.6. The highest BCUT2D eigenvalue weighted by atomic mass is 19.1. The summed E-state index contributed by atoms with van der Waals surface area (Å²) in [5.74, 6) is 0.606. The molecule has 3 nitrogen and oxygen atoms in total. The zero-order chi connectivity index (χ0) is 13.0. The lowest BCUT2D eigenvalue weighted by Gasteiger charge is -2.08. The van der Waals surface area contributed by atoms with Gasteiger partial charge < -0.3 is 14.5 Å². The molecule has 1 aromatic carbocycles. The van der Waals surface area contributed by atoms with Gasteiger partial charge in [0.2, 0.25) is 0 Å². The second kappa shape index (κ2) is 5.69. The van der Waals surface area contributed by atoms with Crippen molar-refractivity contribution in [3.05, 3.63) is 53.2 Å². The predicted molar refractivity (Wildman–Crippen MR) is 66.9 cm³/mol. The molecule has 0 saturated carbocycles. The Morgan fingerprint density at radius 1 is 1.33 bits per heavy atom. The molecular formula is C14H16FNO2. The lowest BCUT2D eigenvalue weighted by Crippen LogP contribution is -2.07. The molecule has 0 radical (unpaired) electrons. The van der Waals surface area contributed by atoms with E-state index in [4.69, 9.17) is 9.15 Å². The summed E-state index contributed by atoms with van der Waals surface area (Å²) in [5.41, 5.74) is 1.98. The fourth-order valence-corrected chi connectivity index (χ4v) is 1.71. The smallest absolute Gasteiger partial charge is 0.165 e. The van der Waals surface area contributed by atoms with Gasteiger partial charge in [-0.15, -0.1) is 0 Å². The van der Waals surface area contributed by atoms with Gasteiger partial charge >= 0.3 is 0 Å². The van der Waals surface area contributed by atoms with Gasteiger partial charge in [-0.25, -0.2) is 4.39 Å². The van der Waals surface area contributed by atoms with Gasteiger partial charge in [-0.3, -0.25) is 0 Å². The highest BCUT2D eigenvalue weighted by Crippen LogP contribution is 2.20. The van der Waals surface area contributed by atoms with E-state index in [-0.39, 0.29) is 18.2 Å². The van der Waals surface area contributed by atoms with Crippen LogP contribution in [-0.4, -0.2) is 7.05 Å². The number of aryl methyl sites for hydroxylation is 1.